The summed E-state index contributed by atoms with van der Waals surface area (Å²) in [5.41, 5.74) is 2.99. The van der Waals surface area contributed by atoms with Gasteiger partial charge in [0.05, 0.1) is 16.6 Å². The van der Waals surface area contributed by atoms with Crippen molar-refractivity contribution in [1.82, 2.24) is 29.9 Å². The number of carbonyl (C=O) groups excluding carboxylic acids is 2. The zero-order valence-corrected chi connectivity index (χ0v) is 17.6. The van der Waals surface area contributed by atoms with Gasteiger partial charge in [-0.05, 0) is 32.8 Å². The molecular weight excluding hydrogens is 368 g/mol. The fourth-order valence-electron chi connectivity index (χ4n) is 4.53. The van der Waals surface area contributed by atoms with Crippen LogP contribution in [-0.2, 0) is 7.05 Å². The molecule has 0 bridgehead atoms. The molecule has 29 heavy (non-hydrogen) atoms. The van der Waals surface area contributed by atoms with E-state index in [-0.39, 0.29) is 11.9 Å². The number of aryl methyl sites for hydroxylation is 3. The number of amides is 3. The summed E-state index contributed by atoms with van der Waals surface area (Å²) < 4.78 is 1.72. The highest BCUT2D eigenvalue weighted by Crippen LogP contribution is 2.23. The van der Waals surface area contributed by atoms with Crippen LogP contribution in [-0.4, -0.2) is 68.7 Å². The molecule has 1 aliphatic carbocycles. The lowest BCUT2D eigenvalue weighted by molar-refractivity contribution is 0.0664. The van der Waals surface area contributed by atoms with E-state index >= 15 is 0 Å². The number of hydrogen-bond donors (Lipinski definition) is 1. The number of hydrogen-bond acceptors (Lipinski definition) is 4. The quantitative estimate of drug-likeness (QED) is 0.842. The standard InChI is InChI=1S/C21H30N6O2/c1-14-13-17(18-15(2)24-25(3)19(18)22-14)20(28)26-9-11-27(12-10-26)21(29)23-16-7-5-4-6-8-16/h13,16H,4-12H2,1-3H3,(H,23,29). The predicted octanol–water partition coefficient (Wildman–Crippen LogP) is 2.39. The molecule has 3 amide bonds. The fourth-order valence-corrected chi connectivity index (χ4v) is 4.53. The molecule has 4 rings (SSSR count). The van der Waals surface area contributed by atoms with Crippen molar-refractivity contribution in [2.45, 2.75) is 52.0 Å². The second kappa shape index (κ2) is 8.00. The summed E-state index contributed by atoms with van der Waals surface area (Å²) in [6.45, 7) is 6.00. The van der Waals surface area contributed by atoms with Gasteiger partial charge in [-0.2, -0.15) is 5.10 Å². The predicted molar refractivity (Wildman–Crippen MR) is 111 cm³/mol. The van der Waals surface area contributed by atoms with Crippen molar-refractivity contribution in [1.29, 1.82) is 0 Å². The van der Waals surface area contributed by atoms with Crippen LogP contribution in [0.25, 0.3) is 11.0 Å². The molecule has 3 heterocycles. The van der Waals surface area contributed by atoms with Crippen LogP contribution >= 0.6 is 0 Å². The van der Waals surface area contributed by atoms with Crippen molar-refractivity contribution < 1.29 is 9.59 Å². The van der Waals surface area contributed by atoms with Crippen LogP contribution in [0.4, 0.5) is 4.79 Å². The summed E-state index contributed by atoms with van der Waals surface area (Å²) in [7, 11) is 1.85. The van der Waals surface area contributed by atoms with Gasteiger partial charge in [0.2, 0.25) is 0 Å². The van der Waals surface area contributed by atoms with Crippen LogP contribution in [0, 0.1) is 13.8 Å². The summed E-state index contributed by atoms with van der Waals surface area (Å²) in [6.07, 6.45) is 5.81. The number of fused-ring (bicyclic) bond motifs is 1. The lowest BCUT2D eigenvalue weighted by Gasteiger charge is -2.36. The van der Waals surface area contributed by atoms with Gasteiger partial charge in [0, 0.05) is 45.0 Å². The van der Waals surface area contributed by atoms with Crippen molar-refractivity contribution in [2.24, 2.45) is 7.05 Å². The molecule has 0 spiro atoms. The Morgan fingerprint density at radius 3 is 2.38 bits per heavy atom. The Morgan fingerprint density at radius 1 is 1.03 bits per heavy atom. The number of nitrogens with one attached hydrogen (secondary N) is 1. The smallest absolute Gasteiger partial charge is 0.317 e. The number of piperazine rings is 1. The maximum absolute atomic E-state index is 13.3. The minimum absolute atomic E-state index is 0.00856. The third-order valence-corrected chi connectivity index (χ3v) is 6.11. The van der Waals surface area contributed by atoms with Crippen molar-refractivity contribution in [3.63, 3.8) is 0 Å². The molecule has 0 radical (unpaired) electrons. The monoisotopic (exact) mass is 398 g/mol. The Morgan fingerprint density at radius 2 is 1.69 bits per heavy atom. The first-order valence-electron chi connectivity index (χ1n) is 10.6. The molecular formula is C21H30N6O2. The van der Waals surface area contributed by atoms with Crippen LogP contribution in [0.3, 0.4) is 0 Å². The van der Waals surface area contributed by atoms with E-state index in [1.54, 1.807) is 4.68 Å². The molecule has 2 aromatic rings. The molecule has 1 aliphatic heterocycles. The zero-order valence-electron chi connectivity index (χ0n) is 17.6. The number of nitrogens with zero attached hydrogens (tertiary/aromatic N) is 5. The van der Waals surface area contributed by atoms with Crippen LogP contribution in [0.2, 0.25) is 0 Å². The van der Waals surface area contributed by atoms with Gasteiger partial charge in [-0.1, -0.05) is 19.3 Å². The molecule has 2 aromatic heterocycles. The first-order chi connectivity index (χ1) is 13.9. The van der Waals surface area contributed by atoms with E-state index in [1.807, 2.05) is 36.8 Å². The molecule has 1 N–H and O–H groups in total. The highest BCUT2D eigenvalue weighted by molar-refractivity contribution is 6.06. The maximum Gasteiger partial charge on any atom is 0.317 e. The number of carbonyl (C=O) groups is 2. The first-order valence-corrected chi connectivity index (χ1v) is 10.6. The summed E-state index contributed by atoms with van der Waals surface area (Å²) in [5.74, 6) is -0.0102. The van der Waals surface area contributed by atoms with Crippen LogP contribution in [0.1, 0.15) is 53.8 Å². The average molecular weight is 399 g/mol. The Kier molecular flexibility index (Phi) is 5.43. The van der Waals surface area contributed by atoms with Gasteiger partial charge in [-0.25, -0.2) is 9.78 Å². The van der Waals surface area contributed by atoms with E-state index in [4.69, 9.17) is 0 Å². The lowest BCUT2D eigenvalue weighted by atomic mass is 9.96. The minimum atomic E-state index is -0.0102. The molecule has 0 atom stereocenters. The average Bonchev–Trinajstić information content (AvgIpc) is 3.01. The maximum atomic E-state index is 13.3. The summed E-state index contributed by atoms with van der Waals surface area (Å²) in [6, 6.07) is 2.16. The molecule has 156 valence electrons. The van der Waals surface area contributed by atoms with Crippen LogP contribution in [0.15, 0.2) is 6.07 Å². The molecule has 1 saturated heterocycles. The van der Waals surface area contributed by atoms with E-state index in [0.717, 1.165) is 35.3 Å². The van der Waals surface area contributed by atoms with E-state index in [0.29, 0.717) is 37.8 Å². The van der Waals surface area contributed by atoms with E-state index < -0.39 is 0 Å². The van der Waals surface area contributed by atoms with Crippen molar-refractivity contribution in [3.05, 3.63) is 23.0 Å². The Labute approximate surface area is 171 Å². The number of rotatable bonds is 2. The molecule has 0 unspecified atom stereocenters. The topological polar surface area (TPSA) is 83.4 Å². The first kappa shape index (κ1) is 19.7. The molecule has 8 heteroatoms. The molecule has 1 saturated carbocycles. The summed E-state index contributed by atoms with van der Waals surface area (Å²) in [4.78, 5) is 34.1. The Hall–Kier alpha value is -2.64. The van der Waals surface area contributed by atoms with E-state index in [9.17, 15) is 9.59 Å². The van der Waals surface area contributed by atoms with Crippen LogP contribution < -0.4 is 5.32 Å². The normalized spacial score (nSPS) is 18.3. The van der Waals surface area contributed by atoms with Gasteiger partial charge in [0.15, 0.2) is 5.65 Å². The third-order valence-electron chi connectivity index (χ3n) is 6.11. The van der Waals surface area contributed by atoms with Crippen molar-refractivity contribution in [3.8, 4) is 0 Å². The van der Waals surface area contributed by atoms with Gasteiger partial charge < -0.3 is 15.1 Å². The van der Waals surface area contributed by atoms with E-state index in [1.165, 1.54) is 19.3 Å². The van der Waals surface area contributed by atoms with E-state index in [2.05, 4.69) is 15.4 Å². The highest BCUT2D eigenvalue weighted by atomic mass is 16.2. The fraction of sp³-hybridized carbons (Fsp3) is 0.619. The summed E-state index contributed by atoms with van der Waals surface area (Å²) >= 11 is 0. The number of pyridine rings is 1. The molecule has 2 aliphatic rings. The number of urea groups is 1. The van der Waals surface area contributed by atoms with Gasteiger partial charge in [0.1, 0.15) is 0 Å². The zero-order chi connectivity index (χ0) is 20.5. The van der Waals surface area contributed by atoms with Gasteiger partial charge in [-0.15, -0.1) is 0 Å². The van der Waals surface area contributed by atoms with Crippen LogP contribution in [0.5, 0.6) is 0 Å². The highest BCUT2D eigenvalue weighted by Gasteiger charge is 2.28. The summed E-state index contributed by atoms with van der Waals surface area (Å²) in [5, 5.41) is 8.42. The lowest BCUT2D eigenvalue weighted by Crippen LogP contribution is -2.54. The number of aromatic nitrogens is 3. The largest absolute Gasteiger partial charge is 0.335 e. The second-order valence-corrected chi connectivity index (χ2v) is 8.28. The van der Waals surface area contributed by atoms with Gasteiger partial charge in [-0.3, -0.25) is 9.48 Å². The molecule has 0 aromatic carbocycles. The van der Waals surface area contributed by atoms with Crippen molar-refractivity contribution in [2.75, 3.05) is 26.2 Å². The van der Waals surface area contributed by atoms with Gasteiger partial charge in [0.25, 0.3) is 5.91 Å². The minimum Gasteiger partial charge on any atom is -0.335 e. The Bertz CT molecular complexity index is 923. The molecule has 8 nitrogen and oxygen atoms in total. The van der Waals surface area contributed by atoms with Crippen molar-refractivity contribution >= 4 is 23.0 Å². The Balaban J connectivity index is 1.43. The molecule has 2 fully saturated rings. The van der Waals surface area contributed by atoms with Gasteiger partial charge >= 0.3 is 6.03 Å². The third kappa shape index (κ3) is 3.93. The SMILES string of the molecule is Cc1cc(C(=O)N2CCN(C(=O)NC3CCCCC3)CC2)c2c(C)nn(C)c2n1. The second-order valence-electron chi connectivity index (χ2n) is 8.28.